The molecule has 3 radical (unpaired) electrons. The average molecular weight is 241 g/mol. The van der Waals surface area contributed by atoms with Gasteiger partial charge >= 0.3 is 11.9 Å². The summed E-state index contributed by atoms with van der Waals surface area (Å²) in [6.07, 6.45) is 2.15. The van der Waals surface area contributed by atoms with Crippen LogP contribution in [0.2, 0.25) is 0 Å². The Kier molecular flexibility index (Phi) is 6.06. The Balaban J connectivity index is 0.00000225. The van der Waals surface area contributed by atoms with Crippen molar-refractivity contribution in [2.24, 2.45) is 23.7 Å². The van der Waals surface area contributed by atoms with Crippen LogP contribution in [0.25, 0.3) is 0 Å². The van der Waals surface area contributed by atoms with Gasteiger partial charge in [0.05, 0.1) is 11.8 Å². The summed E-state index contributed by atoms with van der Waals surface area (Å²) < 4.78 is 0. The number of carboxylic acids is 2. The van der Waals surface area contributed by atoms with Gasteiger partial charge in [0, 0.05) is 17.4 Å². The summed E-state index contributed by atoms with van der Waals surface area (Å²) in [5.74, 6) is -3.11. The zero-order chi connectivity index (χ0) is 11.6. The van der Waals surface area contributed by atoms with Gasteiger partial charge in [-0.25, -0.2) is 0 Å². The summed E-state index contributed by atoms with van der Waals surface area (Å²) in [6.45, 7) is 3.93. The summed E-state index contributed by atoms with van der Waals surface area (Å²) in [4.78, 5) is 22.1. The number of rotatable bonds is 3. The maximum Gasteiger partial charge on any atom is 0.307 e. The first-order valence-electron chi connectivity index (χ1n) is 5.40. The predicted octanol–water partition coefficient (Wildman–Crippen LogP) is 1.46. The van der Waals surface area contributed by atoms with Crippen molar-refractivity contribution in [2.75, 3.05) is 0 Å². The van der Waals surface area contributed by atoms with Crippen LogP contribution < -0.4 is 0 Å². The second kappa shape index (κ2) is 6.27. The molecule has 3 unspecified atom stereocenters. The second-order valence-corrected chi connectivity index (χ2v) is 4.65. The van der Waals surface area contributed by atoms with Crippen molar-refractivity contribution >= 4 is 29.3 Å². The molecular weight excluding hydrogens is 223 g/mol. The van der Waals surface area contributed by atoms with Crippen molar-refractivity contribution in [3.8, 4) is 0 Å². The van der Waals surface area contributed by atoms with E-state index >= 15 is 0 Å². The molecule has 3 atom stereocenters. The number of carboxylic acid groups (broad SMARTS) is 2. The number of hydrogen-bond donors (Lipinski definition) is 2. The molecule has 1 fully saturated rings. The van der Waals surface area contributed by atoms with Crippen LogP contribution in [0.4, 0.5) is 0 Å². The van der Waals surface area contributed by atoms with Crippen LogP contribution in [-0.4, -0.2) is 39.5 Å². The van der Waals surface area contributed by atoms with Gasteiger partial charge in [-0.05, 0) is 24.7 Å². The Hall–Kier alpha value is -0.528. The molecule has 0 aromatic heterocycles. The Morgan fingerprint density at radius 1 is 1.12 bits per heavy atom. The highest BCUT2D eigenvalue weighted by atomic mass is 27.0. The minimum atomic E-state index is -0.965. The number of aliphatic carboxylic acids is 2. The van der Waals surface area contributed by atoms with Gasteiger partial charge in [-0.15, -0.1) is 0 Å². The molecule has 0 spiro atoms. The smallest absolute Gasteiger partial charge is 0.307 e. The zero-order valence-electron chi connectivity index (χ0n) is 9.72. The van der Waals surface area contributed by atoms with E-state index in [-0.39, 0.29) is 29.2 Å². The monoisotopic (exact) mass is 241 g/mol. The van der Waals surface area contributed by atoms with E-state index in [9.17, 15) is 9.59 Å². The molecule has 0 heterocycles. The number of hydrogen-bond acceptors (Lipinski definition) is 2. The van der Waals surface area contributed by atoms with Crippen LogP contribution in [0.15, 0.2) is 0 Å². The lowest BCUT2D eigenvalue weighted by Gasteiger charge is -2.35. The van der Waals surface area contributed by atoms with Gasteiger partial charge in [0.2, 0.25) is 0 Å². The molecule has 0 aromatic carbocycles. The Morgan fingerprint density at radius 3 is 2.06 bits per heavy atom. The Bertz CT molecular complexity index is 265. The minimum Gasteiger partial charge on any atom is -0.481 e. The Labute approximate surface area is 106 Å². The fourth-order valence-corrected chi connectivity index (χ4v) is 2.61. The highest BCUT2D eigenvalue weighted by Crippen LogP contribution is 2.39. The molecule has 89 valence electrons. The first-order valence-corrected chi connectivity index (χ1v) is 5.40. The third kappa shape index (κ3) is 3.23. The van der Waals surface area contributed by atoms with Crippen molar-refractivity contribution in [1.82, 2.24) is 0 Å². The quantitative estimate of drug-likeness (QED) is 0.733. The summed E-state index contributed by atoms with van der Waals surface area (Å²) >= 11 is 0. The highest BCUT2D eigenvalue weighted by molar-refractivity contribution is 5.80. The molecular formula is C11H18AlO4. The molecule has 1 aliphatic rings. The molecule has 0 aliphatic heterocycles. The van der Waals surface area contributed by atoms with E-state index in [0.717, 1.165) is 12.8 Å². The maximum atomic E-state index is 11.1. The lowest BCUT2D eigenvalue weighted by Crippen LogP contribution is -2.40. The van der Waals surface area contributed by atoms with Gasteiger partial charge in [-0.3, -0.25) is 9.59 Å². The molecule has 1 saturated carbocycles. The molecule has 1 aliphatic carbocycles. The molecule has 0 aromatic rings. The van der Waals surface area contributed by atoms with Crippen molar-refractivity contribution in [3.05, 3.63) is 0 Å². The molecule has 0 saturated heterocycles. The zero-order valence-corrected chi connectivity index (χ0v) is 10.9. The van der Waals surface area contributed by atoms with Crippen LogP contribution in [0.5, 0.6) is 0 Å². The molecule has 16 heavy (non-hydrogen) atoms. The van der Waals surface area contributed by atoms with E-state index in [1.54, 1.807) is 0 Å². The lowest BCUT2D eigenvalue weighted by atomic mass is 9.68. The molecule has 1 rings (SSSR count). The minimum absolute atomic E-state index is 0. The van der Waals surface area contributed by atoms with Gasteiger partial charge in [-0.2, -0.15) is 0 Å². The van der Waals surface area contributed by atoms with Crippen molar-refractivity contribution in [1.29, 1.82) is 0 Å². The van der Waals surface area contributed by atoms with E-state index in [0.29, 0.717) is 6.42 Å². The summed E-state index contributed by atoms with van der Waals surface area (Å²) in [6, 6.07) is 0. The van der Waals surface area contributed by atoms with Gasteiger partial charge in [0.25, 0.3) is 0 Å². The first kappa shape index (κ1) is 15.5. The van der Waals surface area contributed by atoms with Gasteiger partial charge in [0.15, 0.2) is 0 Å². The molecule has 0 bridgehead atoms. The molecule has 5 heteroatoms. The molecule has 0 amide bonds. The number of carbonyl (C=O) groups is 2. The van der Waals surface area contributed by atoms with Crippen LogP contribution >= 0.6 is 0 Å². The van der Waals surface area contributed by atoms with Crippen LogP contribution in [0.1, 0.15) is 33.1 Å². The largest absolute Gasteiger partial charge is 0.481 e. The van der Waals surface area contributed by atoms with Crippen LogP contribution in [0.3, 0.4) is 0 Å². The van der Waals surface area contributed by atoms with E-state index in [1.807, 2.05) is 13.8 Å². The van der Waals surface area contributed by atoms with E-state index in [2.05, 4.69) is 0 Å². The topological polar surface area (TPSA) is 74.6 Å². The third-order valence-electron chi connectivity index (χ3n) is 3.41. The van der Waals surface area contributed by atoms with Crippen LogP contribution in [-0.2, 0) is 9.59 Å². The summed E-state index contributed by atoms with van der Waals surface area (Å²) in [7, 11) is 0. The lowest BCUT2D eigenvalue weighted by molar-refractivity contribution is -0.159. The van der Waals surface area contributed by atoms with E-state index in [1.165, 1.54) is 0 Å². The van der Waals surface area contributed by atoms with Crippen molar-refractivity contribution < 1.29 is 19.8 Å². The van der Waals surface area contributed by atoms with Crippen molar-refractivity contribution in [3.63, 3.8) is 0 Å². The highest BCUT2D eigenvalue weighted by Gasteiger charge is 2.43. The van der Waals surface area contributed by atoms with E-state index in [4.69, 9.17) is 10.2 Å². The first-order chi connectivity index (χ1) is 6.95. The fourth-order valence-electron chi connectivity index (χ4n) is 2.61. The van der Waals surface area contributed by atoms with Gasteiger partial charge < -0.3 is 10.2 Å². The average Bonchev–Trinajstić information content (AvgIpc) is 2.16. The fraction of sp³-hybridized carbons (Fsp3) is 0.818. The predicted molar refractivity (Wildman–Crippen MR) is 60.2 cm³/mol. The standard InChI is InChI=1S/C11H18O4.Al/c1-6(2)7-4-3-5-8(10(12)13)9(7)11(14)15;/h6-9H,3-5H2,1-2H3,(H,12,13)(H,14,15);. The van der Waals surface area contributed by atoms with Crippen molar-refractivity contribution in [2.45, 2.75) is 33.1 Å². The summed E-state index contributed by atoms with van der Waals surface area (Å²) in [5, 5.41) is 18.1. The van der Waals surface area contributed by atoms with E-state index < -0.39 is 23.8 Å². The Morgan fingerprint density at radius 2 is 1.69 bits per heavy atom. The maximum absolute atomic E-state index is 11.1. The summed E-state index contributed by atoms with van der Waals surface area (Å²) in [5.41, 5.74) is 0. The van der Waals surface area contributed by atoms with Gasteiger partial charge in [-0.1, -0.05) is 20.3 Å². The normalized spacial score (nSPS) is 29.6. The molecule has 4 nitrogen and oxygen atoms in total. The SMILES string of the molecule is CC(C)C1CCCC(C(=O)O)C1C(=O)O.[Al]. The molecule has 2 N–H and O–H groups in total. The van der Waals surface area contributed by atoms with Crippen LogP contribution in [0, 0.1) is 23.7 Å². The van der Waals surface area contributed by atoms with Gasteiger partial charge in [0.1, 0.15) is 0 Å². The third-order valence-corrected chi connectivity index (χ3v) is 3.41. The second-order valence-electron chi connectivity index (χ2n) is 4.65.